The quantitative estimate of drug-likeness (QED) is 0.645. The number of para-hydroxylation sites is 1. The summed E-state index contributed by atoms with van der Waals surface area (Å²) in [4.78, 5) is 15.7. The lowest BCUT2D eigenvalue weighted by Gasteiger charge is -2.03. The second kappa shape index (κ2) is 5.59. The topological polar surface area (TPSA) is 39.2 Å². The lowest BCUT2D eigenvalue weighted by molar-refractivity contribution is -0.133. The van der Waals surface area contributed by atoms with Crippen LogP contribution in [0.3, 0.4) is 0 Å². The van der Waals surface area contributed by atoms with E-state index >= 15 is 0 Å². The van der Waals surface area contributed by atoms with E-state index in [1.807, 2.05) is 24.3 Å². The first-order chi connectivity index (χ1) is 8.24. The van der Waals surface area contributed by atoms with Crippen LogP contribution in [-0.4, -0.2) is 11.0 Å². The summed E-state index contributed by atoms with van der Waals surface area (Å²) >= 11 is 3.29. The van der Waals surface area contributed by atoms with Crippen LogP contribution in [0, 0.1) is 0 Å². The Hall–Kier alpha value is -1.68. The lowest BCUT2D eigenvalue weighted by Crippen LogP contribution is -2.11. The third-order valence-corrected chi connectivity index (χ3v) is 2.56. The van der Waals surface area contributed by atoms with E-state index in [-0.39, 0.29) is 12.4 Å². The zero-order valence-electron chi connectivity index (χ0n) is 8.97. The van der Waals surface area contributed by atoms with Crippen LogP contribution in [0.4, 0.5) is 0 Å². The van der Waals surface area contributed by atoms with Gasteiger partial charge in [-0.3, -0.25) is 9.78 Å². The van der Waals surface area contributed by atoms with Gasteiger partial charge in [0.1, 0.15) is 5.75 Å². The predicted molar refractivity (Wildman–Crippen MR) is 67.7 cm³/mol. The first-order valence-corrected chi connectivity index (χ1v) is 5.89. The molecule has 1 aromatic heterocycles. The van der Waals surface area contributed by atoms with Gasteiger partial charge in [0.25, 0.3) is 0 Å². The molecule has 1 heterocycles. The molecule has 2 aromatic rings. The minimum atomic E-state index is -0.314. The van der Waals surface area contributed by atoms with Gasteiger partial charge in [0.15, 0.2) is 0 Å². The average molecular weight is 292 g/mol. The van der Waals surface area contributed by atoms with Crippen LogP contribution in [0.1, 0.15) is 5.69 Å². The number of halogens is 1. The van der Waals surface area contributed by atoms with Crippen LogP contribution in [0.25, 0.3) is 0 Å². The fourth-order valence-corrected chi connectivity index (χ4v) is 1.55. The van der Waals surface area contributed by atoms with Crippen molar-refractivity contribution in [2.24, 2.45) is 0 Å². The first kappa shape index (κ1) is 11.8. The van der Waals surface area contributed by atoms with E-state index in [1.54, 1.807) is 24.4 Å². The molecule has 1 aromatic carbocycles. The van der Waals surface area contributed by atoms with E-state index in [1.165, 1.54) is 0 Å². The molecule has 0 bridgehead atoms. The second-order valence-electron chi connectivity index (χ2n) is 3.43. The zero-order chi connectivity index (χ0) is 12.1. The number of hydrogen-bond donors (Lipinski definition) is 0. The number of ether oxygens (including phenoxy) is 1. The van der Waals surface area contributed by atoms with E-state index in [0.29, 0.717) is 11.4 Å². The molecule has 2 rings (SSSR count). The highest BCUT2D eigenvalue weighted by atomic mass is 79.9. The van der Waals surface area contributed by atoms with Crippen LogP contribution < -0.4 is 4.74 Å². The second-order valence-corrected chi connectivity index (χ2v) is 4.35. The number of rotatable bonds is 3. The minimum absolute atomic E-state index is 0.169. The standard InChI is InChI=1S/C13H10BrNO2/c14-10-6-7-11(15-9-10)8-13(16)17-12-4-2-1-3-5-12/h1-7,9H,8H2. The molecule has 0 radical (unpaired) electrons. The molecule has 0 aliphatic heterocycles. The van der Waals surface area contributed by atoms with Gasteiger partial charge in [0.05, 0.1) is 12.1 Å². The van der Waals surface area contributed by atoms with Crippen molar-refractivity contribution in [3.8, 4) is 5.75 Å². The number of esters is 1. The summed E-state index contributed by atoms with van der Waals surface area (Å²) < 4.78 is 6.04. The van der Waals surface area contributed by atoms with Crippen LogP contribution in [0.2, 0.25) is 0 Å². The van der Waals surface area contributed by atoms with Crippen molar-refractivity contribution in [3.63, 3.8) is 0 Å². The number of benzene rings is 1. The van der Waals surface area contributed by atoms with Gasteiger partial charge in [-0.25, -0.2) is 0 Å². The Labute approximate surface area is 108 Å². The van der Waals surface area contributed by atoms with Crippen molar-refractivity contribution in [3.05, 3.63) is 58.8 Å². The Morgan fingerprint density at radius 3 is 2.59 bits per heavy atom. The molecule has 0 saturated heterocycles. The van der Waals surface area contributed by atoms with E-state index in [0.717, 1.165) is 4.47 Å². The van der Waals surface area contributed by atoms with Crippen molar-refractivity contribution in [2.45, 2.75) is 6.42 Å². The van der Waals surface area contributed by atoms with Crippen molar-refractivity contribution < 1.29 is 9.53 Å². The van der Waals surface area contributed by atoms with Gasteiger partial charge in [-0.2, -0.15) is 0 Å². The molecule has 0 N–H and O–H groups in total. The summed E-state index contributed by atoms with van der Waals surface area (Å²) in [5.41, 5.74) is 0.689. The fourth-order valence-electron chi connectivity index (χ4n) is 1.31. The Kier molecular flexibility index (Phi) is 3.88. The maximum Gasteiger partial charge on any atom is 0.317 e. The number of hydrogen-bond acceptors (Lipinski definition) is 3. The summed E-state index contributed by atoms with van der Waals surface area (Å²) in [6, 6.07) is 12.6. The number of carbonyl (C=O) groups excluding carboxylic acids is 1. The monoisotopic (exact) mass is 291 g/mol. The SMILES string of the molecule is O=C(Cc1ccc(Br)cn1)Oc1ccccc1. The van der Waals surface area contributed by atoms with Gasteiger partial charge in [-0.05, 0) is 40.2 Å². The molecule has 0 aliphatic rings. The lowest BCUT2D eigenvalue weighted by atomic mass is 10.3. The molecule has 4 heteroatoms. The number of aromatic nitrogens is 1. The third-order valence-electron chi connectivity index (χ3n) is 2.09. The zero-order valence-corrected chi connectivity index (χ0v) is 10.6. The number of nitrogens with zero attached hydrogens (tertiary/aromatic N) is 1. The van der Waals surface area contributed by atoms with Gasteiger partial charge >= 0.3 is 5.97 Å². The van der Waals surface area contributed by atoms with Crippen molar-refractivity contribution >= 4 is 21.9 Å². The third kappa shape index (κ3) is 3.67. The highest BCUT2D eigenvalue weighted by Crippen LogP contribution is 2.11. The minimum Gasteiger partial charge on any atom is -0.426 e. The van der Waals surface area contributed by atoms with Crippen LogP contribution in [0.5, 0.6) is 5.75 Å². The van der Waals surface area contributed by atoms with E-state index in [9.17, 15) is 4.79 Å². The molecule has 0 fully saturated rings. The summed E-state index contributed by atoms with van der Waals surface area (Å²) in [7, 11) is 0. The molecular formula is C13H10BrNO2. The van der Waals surface area contributed by atoms with Crippen LogP contribution in [0.15, 0.2) is 53.1 Å². The molecular weight excluding hydrogens is 282 g/mol. The van der Waals surface area contributed by atoms with Crippen LogP contribution >= 0.6 is 15.9 Å². The van der Waals surface area contributed by atoms with Gasteiger partial charge in [-0.15, -0.1) is 0 Å². The van der Waals surface area contributed by atoms with E-state index in [2.05, 4.69) is 20.9 Å². The molecule has 17 heavy (non-hydrogen) atoms. The number of carbonyl (C=O) groups is 1. The smallest absolute Gasteiger partial charge is 0.317 e. The Balaban J connectivity index is 1.96. The highest BCUT2D eigenvalue weighted by molar-refractivity contribution is 9.10. The normalized spacial score (nSPS) is 9.94. The molecule has 0 unspecified atom stereocenters. The molecule has 0 saturated carbocycles. The maximum atomic E-state index is 11.6. The molecule has 86 valence electrons. The van der Waals surface area contributed by atoms with Gasteiger partial charge in [0.2, 0.25) is 0 Å². The fraction of sp³-hybridized carbons (Fsp3) is 0.0769. The van der Waals surface area contributed by atoms with Gasteiger partial charge in [-0.1, -0.05) is 18.2 Å². The Morgan fingerprint density at radius 2 is 1.94 bits per heavy atom. The van der Waals surface area contributed by atoms with E-state index in [4.69, 9.17) is 4.74 Å². The molecule has 3 nitrogen and oxygen atoms in total. The molecule has 0 aliphatic carbocycles. The maximum absolute atomic E-state index is 11.6. The molecule has 0 atom stereocenters. The average Bonchev–Trinajstić information content (AvgIpc) is 2.33. The number of pyridine rings is 1. The summed E-state index contributed by atoms with van der Waals surface area (Å²) in [6.45, 7) is 0. The summed E-state index contributed by atoms with van der Waals surface area (Å²) in [6.07, 6.45) is 1.83. The Bertz CT molecular complexity index is 497. The van der Waals surface area contributed by atoms with Gasteiger partial charge in [0, 0.05) is 10.7 Å². The van der Waals surface area contributed by atoms with Crippen LogP contribution in [-0.2, 0) is 11.2 Å². The van der Waals surface area contributed by atoms with Crippen molar-refractivity contribution in [1.29, 1.82) is 0 Å². The first-order valence-electron chi connectivity index (χ1n) is 5.10. The van der Waals surface area contributed by atoms with Crippen molar-refractivity contribution in [2.75, 3.05) is 0 Å². The molecule has 0 amide bonds. The van der Waals surface area contributed by atoms with Crippen molar-refractivity contribution in [1.82, 2.24) is 4.98 Å². The summed E-state index contributed by atoms with van der Waals surface area (Å²) in [5.74, 6) is 0.237. The summed E-state index contributed by atoms with van der Waals surface area (Å²) in [5, 5.41) is 0. The molecule has 0 spiro atoms. The van der Waals surface area contributed by atoms with E-state index < -0.39 is 0 Å². The highest BCUT2D eigenvalue weighted by Gasteiger charge is 2.06. The Morgan fingerprint density at radius 1 is 1.18 bits per heavy atom. The predicted octanol–water partition coefficient (Wildman–Crippen LogP) is 2.99. The van der Waals surface area contributed by atoms with Gasteiger partial charge < -0.3 is 4.74 Å². The largest absolute Gasteiger partial charge is 0.426 e.